The van der Waals surface area contributed by atoms with Crippen LogP contribution in [0.25, 0.3) is 0 Å². The minimum atomic E-state index is 0.476. The zero-order valence-electron chi connectivity index (χ0n) is 12.0. The highest BCUT2D eigenvalue weighted by molar-refractivity contribution is 5.50. The summed E-state index contributed by atoms with van der Waals surface area (Å²) in [4.78, 5) is 0. The first-order chi connectivity index (χ1) is 8.69. The van der Waals surface area contributed by atoms with Gasteiger partial charge in [0.1, 0.15) is 5.75 Å². The van der Waals surface area contributed by atoms with Gasteiger partial charge in [0.2, 0.25) is 0 Å². The first-order valence-corrected chi connectivity index (χ1v) is 7.12. The van der Waals surface area contributed by atoms with E-state index in [0.717, 1.165) is 18.7 Å². The summed E-state index contributed by atoms with van der Waals surface area (Å²) in [5.41, 5.74) is 4.17. The van der Waals surface area contributed by atoms with Crippen LogP contribution in [0.3, 0.4) is 0 Å². The molecule has 1 atom stereocenters. The van der Waals surface area contributed by atoms with Crippen LogP contribution in [-0.2, 0) is 6.42 Å². The molecule has 0 aliphatic carbocycles. The molecular formula is C16H25NO. The Morgan fingerprint density at radius 3 is 2.67 bits per heavy atom. The quantitative estimate of drug-likeness (QED) is 0.873. The van der Waals surface area contributed by atoms with Crippen molar-refractivity contribution in [1.82, 2.24) is 5.32 Å². The zero-order valence-corrected chi connectivity index (χ0v) is 12.0. The van der Waals surface area contributed by atoms with E-state index in [2.05, 4.69) is 38.2 Å². The topological polar surface area (TPSA) is 21.3 Å². The van der Waals surface area contributed by atoms with Gasteiger partial charge in [-0.3, -0.25) is 0 Å². The monoisotopic (exact) mass is 247 g/mol. The number of hydrogen-bond acceptors (Lipinski definition) is 2. The summed E-state index contributed by atoms with van der Waals surface area (Å²) < 4.78 is 5.73. The second-order valence-corrected chi connectivity index (χ2v) is 5.42. The number of nitrogens with one attached hydrogen (secondary N) is 1. The zero-order chi connectivity index (χ0) is 13.1. The predicted octanol–water partition coefficient (Wildman–Crippen LogP) is 3.81. The van der Waals surface area contributed by atoms with Gasteiger partial charge in [-0.2, -0.15) is 0 Å². The second-order valence-electron chi connectivity index (χ2n) is 5.42. The Kier molecular flexibility index (Phi) is 4.28. The molecule has 1 saturated heterocycles. The van der Waals surface area contributed by atoms with Crippen molar-refractivity contribution in [2.24, 2.45) is 0 Å². The Morgan fingerprint density at radius 2 is 2.17 bits per heavy atom. The fourth-order valence-electron chi connectivity index (χ4n) is 2.97. The van der Waals surface area contributed by atoms with Crippen molar-refractivity contribution in [3.8, 4) is 5.75 Å². The number of ether oxygens (including phenoxy) is 1. The van der Waals surface area contributed by atoms with Crippen LogP contribution in [0.2, 0.25) is 0 Å². The van der Waals surface area contributed by atoms with Crippen LogP contribution in [0.1, 0.15) is 62.3 Å². The molecular weight excluding hydrogens is 222 g/mol. The van der Waals surface area contributed by atoms with Gasteiger partial charge in [0.15, 0.2) is 0 Å². The molecule has 100 valence electrons. The van der Waals surface area contributed by atoms with Crippen LogP contribution in [0.15, 0.2) is 12.1 Å². The van der Waals surface area contributed by atoms with E-state index in [-0.39, 0.29) is 0 Å². The van der Waals surface area contributed by atoms with Crippen molar-refractivity contribution in [1.29, 1.82) is 0 Å². The molecule has 1 aliphatic heterocycles. The van der Waals surface area contributed by atoms with Crippen molar-refractivity contribution >= 4 is 0 Å². The molecule has 1 aromatic rings. The molecule has 1 unspecified atom stereocenters. The van der Waals surface area contributed by atoms with Gasteiger partial charge >= 0.3 is 0 Å². The third-order valence-electron chi connectivity index (χ3n) is 3.93. The molecule has 1 fully saturated rings. The Hall–Kier alpha value is -1.02. The van der Waals surface area contributed by atoms with E-state index < -0.39 is 0 Å². The summed E-state index contributed by atoms with van der Waals surface area (Å²) in [6.07, 6.45) is 3.52. The fraction of sp³-hybridized carbons (Fsp3) is 0.625. The molecule has 0 amide bonds. The van der Waals surface area contributed by atoms with E-state index in [1.54, 1.807) is 7.11 Å². The maximum absolute atomic E-state index is 5.73. The van der Waals surface area contributed by atoms with Gasteiger partial charge in [-0.15, -0.1) is 0 Å². The standard InChI is InChI=1S/C16H25NO/c1-5-12-8-9-13(11(2)3)15(16(12)18-4)14-7-6-10-17-14/h8-9,11,14,17H,5-7,10H2,1-4H3. The number of benzene rings is 1. The molecule has 0 saturated carbocycles. The molecule has 0 bridgehead atoms. The lowest BCUT2D eigenvalue weighted by atomic mass is 9.89. The second kappa shape index (κ2) is 5.75. The van der Waals surface area contributed by atoms with E-state index in [0.29, 0.717) is 12.0 Å². The molecule has 1 aliphatic rings. The Labute approximate surface area is 111 Å². The summed E-state index contributed by atoms with van der Waals surface area (Å²) in [6, 6.07) is 5.00. The summed E-state index contributed by atoms with van der Waals surface area (Å²) in [6.45, 7) is 7.85. The molecule has 2 rings (SSSR count). The predicted molar refractivity (Wildman–Crippen MR) is 76.4 cm³/mol. The van der Waals surface area contributed by atoms with Crippen LogP contribution in [0.5, 0.6) is 5.75 Å². The van der Waals surface area contributed by atoms with Crippen molar-refractivity contribution in [3.05, 3.63) is 28.8 Å². The van der Waals surface area contributed by atoms with Gasteiger partial charge in [-0.1, -0.05) is 32.9 Å². The molecule has 2 heteroatoms. The lowest BCUT2D eigenvalue weighted by Gasteiger charge is -2.23. The lowest BCUT2D eigenvalue weighted by molar-refractivity contribution is 0.397. The minimum absolute atomic E-state index is 0.476. The number of aryl methyl sites for hydroxylation is 1. The average molecular weight is 247 g/mol. The van der Waals surface area contributed by atoms with Crippen molar-refractivity contribution in [2.45, 2.75) is 52.0 Å². The summed E-state index contributed by atoms with van der Waals surface area (Å²) in [5.74, 6) is 1.66. The molecule has 0 radical (unpaired) electrons. The Morgan fingerprint density at radius 1 is 1.39 bits per heavy atom. The van der Waals surface area contributed by atoms with E-state index >= 15 is 0 Å². The van der Waals surface area contributed by atoms with Crippen LogP contribution in [0, 0.1) is 0 Å². The van der Waals surface area contributed by atoms with E-state index in [1.807, 2.05) is 0 Å². The van der Waals surface area contributed by atoms with Crippen molar-refractivity contribution < 1.29 is 4.74 Å². The van der Waals surface area contributed by atoms with Gasteiger partial charge in [0, 0.05) is 11.6 Å². The highest BCUT2D eigenvalue weighted by Gasteiger charge is 2.25. The normalized spacial score (nSPS) is 19.5. The van der Waals surface area contributed by atoms with Gasteiger partial charge in [-0.25, -0.2) is 0 Å². The summed E-state index contributed by atoms with van der Waals surface area (Å²) >= 11 is 0. The maximum Gasteiger partial charge on any atom is 0.127 e. The van der Waals surface area contributed by atoms with E-state index in [9.17, 15) is 0 Å². The smallest absolute Gasteiger partial charge is 0.127 e. The third kappa shape index (κ3) is 2.39. The Bertz CT molecular complexity index is 406. The van der Waals surface area contributed by atoms with Gasteiger partial charge in [0.05, 0.1) is 7.11 Å². The number of hydrogen-bond donors (Lipinski definition) is 1. The molecule has 0 spiro atoms. The Balaban J connectivity index is 2.54. The average Bonchev–Trinajstić information content (AvgIpc) is 2.90. The lowest BCUT2D eigenvalue weighted by Crippen LogP contribution is -2.17. The van der Waals surface area contributed by atoms with E-state index in [4.69, 9.17) is 4.74 Å². The summed E-state index contributed by atoms with van der Waals surface area (Å²) in [7, 11) is 1.80. The van der Waals surface area contributed by atoms with Crippen molar-refractivity contribution in [2.75, 3.05) is 13.7 Å². The SMILES string of the molecule is CCc1ccc(C(C)C)c(C2CCCN2)c1OC. The summed E-state index contributed by atoms with van der Waals surface area (Å²) in [5, 5.41) is 3.61. The fourth-order valence-corrected chi connectivity index (χ4v) is 2.97. The number of rotatable bonds is 4. The van der Waals surface area contributed by atoms with Gasteiger partial charge in [0.25, 0.3) is 0 Å². The first-order valence-electron chi connectivity index (χ1n) is 7.12. The molecule has 1 heterocycles. The van der Waals surface area contributed by atoms with Crippen LogP contribution >= 0.6 is 0 Å². The highest BCUT2D eigenvalue weighted by atomic mass is 16.5. The van der Waals surface area contributed by atoms with Gasteiger partial charge < -0.3 is 10.1 Å². The molecule has 0 aromatic heterocycles. The van der Waals surface area contributed by atoms with Crippen molar-refractivity contribution in [3.63, 3.8) is 0 Å². The van der Waals surface area contributed by atoms with E-state index in [1.165, 1.54) is 29.5 Å². The van der Waals surface area contributed by atoms with Gasteiger partial charge in [-0.05, 0) is 42.9 Å². The maximum atomic E-state index is 5.73. The molecule has 2 nitrogen and oxygen atoms in total. The third-order valence-corrected chi connectivity index (χ3v) is 3.93. The minimum Gasteiger partial charge on any atom is -0.496 e. The van der Waals surface area contributed by atoms with Crippen LogP contribution in [0.4, 0.5) is 0 Å². The van der Waals surface area contributed by atoms with Crippen LogP contribution in [-0.4, -0.2) is 13.7 Å². The molecule has 1 N–H and O–H groups in total. The largest absolute Gasteiger partial charge is 0.496 e. The molecule has 18 heavy (non-hydrogen) atoms. The highest BCUT2D eigenvalue weighted by Crippen LogP contribution is 2.39. The molecule has 1 aromatic carbocycles. The first kappa shape index (κ1) is 13.4. The number of methoxy groups -OCH3 is 1. The van der Waals surface area contributed by atoms with Crippen LogP contribution < -0.4 is 10.1 Å².